The van der Waals surface area contributed by atoms with Gasteiger partial charge in [0.15, 0.2) is 0 Å². The van der Waals surface area contributed by atoms with Gasteiger partial charge in [-0.05, 0) is 0 Å². The highest BCUT2D eigenvalue weighted by atomic mass is 79.9. The second kappa shape index (κ2) is 1.70. The SMILES string of the molecule is BrC1(Br)CC1(Br)Br. The van der Waals surface area contributed by atoms with Crippen molar-refractivity contribution >= 4 is 63.7 Å². The molecular formula is C3H2Br4. The molecule has 0 aromatic carbocycles. The Morgan fingerprint density at radius 1 is 0.857 bits per heavy atom. The molecule has 0 aromatic rings. The fourth-order valence-electron chi connectivity index (χ4n) is 0.235. The average molecular weight is 358 g/mol. The Labute approximate surface area is 75.9 Å². The summed E-state index contributed by atoms with van der Waals surface area (Å²) in [7, 11) is 0. The first-order chi connectivity index (χ1) is 2.96. The lowest BCUT2D eigenvalue weighted by atomic mass is 11.0. The Hall–Kier alpha value is 1.92. The lowest BCUT2D eigenvalue weighted by molar-refractivity contribution is 1.46. The van der Waals surface area contributed by atoms with Crippen LogP contribution < -0.4 is 0 Å². The molecule has 0 N–H and O–H groups in total. The minimum atomic E-state index is 0.104. The van der Waals surface area contributed by atoms with Crippen molar-refractivity contribution in [1.29, 1.82) is 0 Å². The molecule has 0 atom stereocenters. The van der Waals surface area contributed by atoms with Gasteiger partial charge in [0.25, 0.3) is 0 Å². The first-order valence-corrected chi connectivity index (χ1v) is 4.89. The highest BCUT2D eigenvalue weighted by Crippen LogP contribution is 2.68. The van der Waals surface area contributed by atoms with E-state index in [4.69, 9.17) is 0 Å². The van der Waals surface area contributed by atoms with Crippen LogP contribution in [0.2, 0.25) is 0 Å². The lowest BCUT2D eigenvalue weighted by Crippen LogP contribution is -1.93. The van der Waals surface area contributed by atoms with E-state index in [0.29, 0.717) is 0 Å². The van der Waals surface area contributed by atoms with Gasteiger partial charge < -0.3 is 0 Å². The standard InChI is InChI=1S/C3H2Br4/c4-2(5)1-3(2,6)7/h1H2. The summed E-state index contributed by atoms with van der Waals surface area (Å²) < 4.78 is 0.208. The van der Waals surface area contributed by atoms with Gasteiger partial charge >= 0.3 is 0 Å². The minimum Gasteiger partial charge on any atom is -0.0701 e. The molecule has 0 spiro atoms. The van der Waals surface area contributed by atoms with Gasteiger partial charge in [-0.2, -0.15) is 0 Å². The number of alkyl halides is 4. The second-order valence-electron chi connectivity index (χ2n) is 1.59. The van der Waals surface area contributed by atoms with Crippen LogP contribution in [0, 0.1) is 0 Å². The smallest absolute Gasteiger partial charge is 0.0701 e. The molecule has 1 rings (SSSR count). The summed E-state index contributed by atoms with van der Waals surface area (Å²) in [5.41, 5.74) is 0. The molecule has 0 heterocycles. The van der Waals surface area contributed by atoms with Crippen LogP contribution >= 0.6 is 63.7 Å². The van der Waals surface area contributed by atoms with Gasteiger partial charge in [-0.15, -0.1) is 0 Å². The van der Waals surface area contributed by atoms with E-state index in [9.17, 15) is 0 Å². The zero-order chi connectivity index (χ0) is 5.71. The van der Waals surface area contributed by atoms with E-state index in [1.807, 2.05) is 0 Å². The first kappa shape index (κ1) is 7.03. The zero-order valence-corrected chi connectivity index (χ0v) is 9.56. The molecule has 1 aliphatic rings. The van der Waals surface area contributed by atoms with E-state index in [-0.39, 0.29) is 6.47 Å². The van der Waals surface area contributed by atoms with Crippen LogP contribution in [0.15, 0.2) is 0 Å². The number of rotatable bonds is 0. The Kier molecular flexibility index (Phi) is 1.71. The van der Waals surface area contributed by atoms with Crippen molar-refractivity contribution in [3.8, 4) is 0 Å². The van der Waals surface area contributed by atoms with Crippen molar-refractivity contribution < 1.29 is 0 Å². The van der Waals surface area contributed by atoms with Gasteiger partial charge in [0, 0.05) is 6.42 Å². The summed E-state index contributed by atoms with van der Waals surface area (Å²) in [5.74, 6) is 0. The maximum Gasteiger partial charge on any atom is 0.108 e. The Morgan fingerprint density at radius 2 is 1.00 bits per heavy atom. The summed E-state index contributed by atoms with van der Waals surface area (Å²) in [6.07, 6.45) is 1.07. The normalized spacial score (nSPS) is 32.6. The molecule has 0 amide bonds. The van der Waals surface area contributed by atoms with E-state index in [1.165, 1.54) is 0 Å². The molecule has 1 saturated carbocycles. The quantitative estimate of drug-likeness (QED) is 0.583. The number of hydrogen-bond donors (Lipinski definition) is 0. The van der Waals surface area contributed by atoms with Crippen molar-refractivity contribution in [2.75, 3.05) is 0 Å². The molecule has 1 fully saturated rings. The summed E-state index contributed by atoms with van der Waals surface area (Å²) in [6, 6.07) is 0. The van der Waals surface area contributed by atoms with E-state index in [0.717, 1.165) is 6.42 Å². The van der Waals surface area contributed by atoms with Crippen molar-refractivity contribution in [1.82, 2.24) is 0 Å². The first-order valence-electron chi connectivity index (χ1n) is 1.71. The van der Waals surface area contributed by atoms with Crippen molar-refractivity contribution in [3.63, 3.8) is 0 Å². The molecule has 0 nitrogen and oxygen atoms in total. The maximum absolute atomic E-state index is 3.43. The largest absolute Gasteiger partial charge is 0.108 e. The second-order valence-corrected chi connectivity index (χ2v) is 9.13. The van der Waals surface area contributed by atoms with Crippen molar-refractivity contribution in [2.24, 2.45) is 0 Å². The minimum absolute atomic E-state index is 0.104. The third-order valence-corrected chi connectivity index (χ3v) is 6.81. The van der Waals surface area contributed by atoms with Crippen LogP contribution in [0.1, 0.15) is 6.42 Å². The highest BCUT2D eigenvalue weighted by molar-refractivity contribution is 9.31. The van der Waals surface area contributed by atoms with Gasteiger partial charge in [0.2, 0.25) is 0 Å². The summed E-state index contributed by atoms with van der Waals surface area (Å²) >= 11 is 13.7. The van der Waals surface area contributed by atoms with Crippen LogP contribution in [0.4, 0.5) is 0 Å². The van der Waals surface area contributed by atoms with E-state index < -0.39 is 0 Å². The molecule has 1 aliphatic carbocycles. The van der Waals surface area contributed by atoms with Gasteiger partial charge in [-0.25, -0.2) is 0 Å². The summed E-state index contributed by atoms with van der Waals surface area (Å²) in [6.45, 7) is 0. The Bertz CT molecular complexity index is 83.1. The fraction of sp³-hybridized carbons (Fsp3) is 1.00. The molecule has 7 heavy (non-hydrogen) atoms. The van der Waals surface area contributed by atoms with Crippen molar-refractivity contribution in [2.45, 2.75) is 12.9 Å². The molecule has 0 bridgehead atoms. The molecule has 42 valence electrons. The van der Waals surface area contributed by atoms with E-state index in [2.05, 4.69) is 63.7 Å². The Balaban J connectivity index is 2.59. The van der Waals surface area contributed by atoms with Crippen LogP contribution in [0.3, 0.4) is 0 Å². The molecule has 0 radical (unpaired) electrons. The predicted octanol–water partition coefficient (Wildman–Crippen LogP) is 3.36. The van der Waals surface area contributed by atoms with Crippen LogP contribution in [-0.4, -0.2) is 6.47 Å². The number of halogens is 4. The van der Waals surface area contributed by atoms with Crippen LogP contribution in [0.25, 0.3) is 0 Å². The zero-order valence-electron chi connectivity index (χ0n) is 3.22. The molecular weight excluding hydrogens is 356 g/mol. The topological polar surface area (TPSA) is 0 Å². The van der Waals surface area contributed by atoms with Gasteiger partial charge in [-0.1, -0.05) is 63.7 Å². The molecule has 0 saturated heterocycles. The van der Waals surface area contributed by atoms with Crippen LogP contribution in [-0.2, 0) is 0 Å². The third-order valence-electron chi connectivity index (χ3n) is 0.854. The fourth-order valence-corrected chi connectivity index (χ4v) is 3.42. The summed E-state index contributed by atoms with van der Waals surface area (Å²) in [5, 5.41) is 0. The highest BCUT2D eigenvalue weighted by Gasteiger charge is 2.62. The van der Waals surface area contributed by atoms with Gasteiger partial charge in [0.05, 0.1) is 0 Å². The number of hydrogen-bond acceptors (Lipinski definition) is 0. The molecule has 4 heteroatoms. The predicted molar refractivity (Wildman–Crippen MR) is 45.8 cm³/mol. The van der Waals surface area contributed by atoms with Crippen molar-refractivity contribution in [3.05, 3.63) is 0 Å². The van der Waals surface area contributed by atoms with Gasteiger partial charge in [-0.3, -0.25) is 0 Å². The molecule has 0 unspecified atom stereocenters. The third kappa shape index (κ3) is 1.25. The van der Waals surface area contributed by atoms with E-state index >= 15 is 0 Å². The average Bonchev–Trinajstić information content (AvgIpc) is 1.63. The van der Waals surface area contributed by atoms with E-state index in [1.54, 1.807) is 0 Å². The van der Waals surface area contributed by atoms with Crippen LogP contribution in [0.5, 0.6) is 0 Å². The molecule has 0 aliphatic heterocycles. The Morgan fingerprint density at radius 3 is 1.00 bits per heavy atom. The summed E-state index contributed by atoms with van der Waals surface area (Å²) in [4.78, 5) is 0. The maximum atomic E-state index is 3.43. The lowest BCUT2D eigenvalue weighted by Gasteiger charge is -1.95. The monoisotopic (exact) mass is 354 g/mol. The molecule has 0 aromatic heterocycles. The van der Waals surface area contributed by atoms with Gasteiger partial charge in [0.1, 0.15) is 6.47 Å².